The van der Waals surface area contributed by atoms with Crippen LogP contribution in [0.2, 0.25) is 0 Å². The number of pyridine rings is 1. The van der Waals surface area contributed by atoms with Crippen molar-refractivity contribution in [2.75, 3.05) is 10.2 Å². The van der Waals surface area contributed by atoms with Gasteiger partial charge < -0.3 is 14.6 Å². The highest BCUT2D eigenvalue weighted by Crippen LogP contribution is 2.48. The smallest absolute Gasteiger partial charge is 0.136 e. The summed E-state index contributed by atoms with van der Waals surface area (Å²) in [4.78, 5) is 6.62. The molecular weight excluding hydrogens is 587 g/mol. The van der Waals surface area contributed by atoms with Gasteiger partial charge in [-0.25, -0.2) is 0 Å². The van der Waals surface area contributed by atoms with E-state index in [1.54, 1.807) is 0 Å². The van der Waals surface area contributed by atoms with Crippen molar-refractivity contribution in [1.82, 2.24) is 4.98 Å². The normalized spacial score (nSPS) is 14.8. The summed E-state index contributed by atoms with van der Waals surface area (Å²) >= 11 is 0. The van der Waals surface area contributed by atoms with Crippen LogP contribution in [0.4, 0.5) is 11.4 Å². The molecule has 4 nitrogen and oxygen atoms in total. The van der Waals surface area contributed by atoms with Crippen LogP contribution >= 0.6 is 0 Å². The van der Waals surface area contributed by atoms with E-state index in [2.05, 4.69) is 149 Å². The maximum absolute atomic E-state index is 6.33. The van der Waals surface area contributed by atoms with Crippen molar-refractivity contribution in [3.8, 4) is 44.5 Å². The fourth-order valence-corrected chi connectivity index (χ4v) is 7.43. The minimum Gasteiger partial charge on any atom is -0.456 e. The van der Waals surface area contributed by atoms with Crippen molar-refractivity contribution in [2.45, 2.75) is 6.17 Å². The molecule has 1 unspecified atom stereocenters. The number of allylic oxidation sites excluding steroid dienone is 2. The summed E-state index contributed by atoms with van der Waals surface area (Å²) in [6.45, 7) is 0. The lowest BCUT2D eigenvalue weighted by Crippen LogP contribution is -2.30. The van der Waals surface area contributed by atoms with Gasteiger partial charge in [0.15, 0.2) is 0 Å². The van der Waals surface area contributed by atoms with E-state index in [1.165, 1.54) is 33.0 Å². The quantitative estimate of drug-likeness (QED) is 0.214. The summed E-state index contributed by atoms with van der Waals surface area (Å²) < 4.78 is 6.33. The number of hydrogen-bond acceptors (Lipinski definition) is 4. The fraction of sp³-hybridized carbons (Fsp3) is 0.0227. The maximum Gasteiger partial charge on any atom is 0.136 e. The molecule has 6 aromatic carbocycles. The molecule has 226 valence electrons. The van der Waals surface area contributed by atoms with Crippen LogP contribution in [0.3, 0.4) is 0 Å². The number of nitrogens with zero attached hydrogens (tertiary/aromatic N) is 2. The van der Waals surface area contributed by atoms with E-state index in [-0.39, 0.29) is 6.17 Å². The van der Waals surface area contributed by atoms with Crippen LogP contribution in [0, 0.1) is 0 Å². The lowest BCUT2D eigenvalue weighted by atomic mass is 9.89. The fourth-order valence-electron chi connectivity index (χ4n) is 7.43. The summed E-state index contributed by atoms with van der Waals surface area (Å²) in [5, 5.41) is 8.52. The molecule has 0 saturated carbocycles. The molecule has 4 heterocycles. The van der Waals surface area contributed by atoms with Crippen molar-refractivity contribution in [3.05, 3.63) is 164 Å². The zero-order chi connectivity index (χ0) is 31.6. The molecule has 10 rings (SSSR count). The largest absolute Gasteiger partial charge is 0.456 e. The molecule has 1 atom stereocenters. The second kappa shape index (κ2) is 10.6. The number of hydrogen-bond donors (Lipinski definition) is 1. The van der Waals surface area contributed by atoms with E-state index < -0.39 is 0 Å². The Hall–Kier alpha value is -6.39. The van der Waals surface area contributed by atoms with Gasteiger partial charge in [0.25, 0.3) is 0 Å². The van der Waals surface area contributed by atoms with Gasteiger partial charge in [-0.3, -0.25) is 4.98 Å². The standard InChI is InChI=1S/C44H29N3O/c1-2-10-36-34(21-20-33(35(36)9-1)29-16-14-28(15-17-29)31-8-7-22-45-27-31)32-24-39(44-40(25-32)47-23-6-5-13-43(47)46-44)30-18-19-38-37-11-3-4-12-41(37)48-42(38)26-30/h1-27,43,46H. The van der Waals surface area contributed by atoms with Crippen molar-refractivity contribution in [3.63, 3.8) is 0 Å². The molecule has 1 N–H and O–H groups in total. The SMILES string of the molecule is C1=CC2Nc3c(-c4ccc5c(c4)oc4ccccc45)cc(-c4ccc(-c5ccc(-c6cccnc6)cc5)c5ccccc45)cc3N2C=C1. The summed E-state index contributed by atoms with van der Waals surface area (Å²) in [5.41, 5.74) is 13.4. The second-order valence-electron chi connectivity index (χ2n) is 12.5. The van der Waals surface area contributed by atoms with Gasteiger partial charge in [-0.15, -0.1) is 0 Å². The summed E-state index contributed by atoms with van der Waals surface area (Å²) in [6, 6.07) is 45.7. The Morgan fingerprint density at radius 3 is 2.08 bits per heavy atom. The van der Waals surface area contributed by atoms with Gasteiger partial charge in [0.05, 0.1) is 11.4 Å². The van der Waals surface area contributed by atoms with Gasteiger partial charge >= 0.3 is 0 Å². The molecule has 4 heteroatoms. The van der Waals surface area contributed by atoms with E-state index >= 15 is 0 Å². The highest BCUT2D eigenvalue weighted by molar-refractivity contribution is 6.09. The second-order valence-corrected chi connectivity index (χ2v) is 12.5. The van der Waals surface area contributed by atoms with E-state index in [1.807, 2.05) is 30.6 Å². The minimum atomic E-state index is 0.0719. The number of furan rings is 1. The number of rotatable bonds is 4. The zero-order valence-electron chi connectivity index (χ0n) is 26.0. The number of aromatic nitrogens is 1. The van der Waals surface area contributed by atoms with Gasteiger partial charge in [0.1, 0.15) is 17.3 Å². The molecule has 0 bridgehead atoms. The number of benzene rings is 6. The highest BCUT2D eigenvalue weighted by Gasteiger charge is 2.30. The monoisotopic (exact) mass is 615 g/mol. The molecule has 0 spiro atoms. The van der Waals surface area contributed by atoms with Gasteiger partial charge in [-0.2, -0.15) is 0 Å². The van der Waals surface area contributed by atoms with E-state index in [0.717, 1.165) is 55.6 Å². The lowest BCUT2D eigenvalue weighted by Gasteiger charge is -2.22. The molecule has 2 aromatic heterocycles. The maximum atomic E-state index is 6.33. The average molecular weight is 616 g/mol. The molecule has 8 aromatic rings. The first-order valence-electron chi connectivity index (χ1n) is 16.3. The number of nitrogens with one attached hydrogen (secondary N) is 1. The van der Waals surface area contributed by atoms with Crippen molar-refractivity contribution in [1.29, 1.82) is 0 Å². The molecule has 0 aliphatic carbocycles. The lowest BCUT2D eigenvalue weighted by molar-refractivity contribution is 0.669. The van der Waals surface area contributed by atoms with Crippen LogP contribution in [0.15, 0.2) is 169 Å². The Morgan fingerprint density at radius 2 is 1.27 bits per heavy atom. The van der Waals surface area contributed by atoms with Gasteiger partial charge in [-0.1, -0.05) is 97.1 Å². The third kappa shape index (κ3) is 4.20. The van der Waals surface area contributed by atoms with Crippen LogP contribution in [0.5, 0.6) is 0 Å². The highest BCUT2D eigenvalue weighted by atomic mass is 16.3. The van der Waals surface area contributed by atoms with E-state index in [4.69, 9.17) is 4.42 Å². The van der Waals surface area contributed by atoms with Crippen molar-refractivity contribution >= 4 is 44.1 Å². The molecule has 0 amide bonds. The van der Waals surface area contributed by atoms with Crippen molar-refractivity contribution in [2.24, 2.45) is 0 Å². The Kier molecular flexibility index (Phi) is 5.90. The number of fused-ring (bicyclic) bond motifs is 7. The van der Waals surface area contributed by atoms with Crippen LogP contribution < -0.4 is 10.2 Å². The molecule has 2 aliphatic heterocycles. The number of anilines is 2. The van der Waals surface area contributed by atoms with Gasteiger partial charge in [0.2, 0.25) is 0 Å². The molecular formula is C44H29N3O. The summed E-state index contributed by atoms with van der Waals surface area (Å²) in [7, 11) is 0. The molecule has 0 saturated heterocycles. The Bertz CT molecular complexity index is 2600. The Labute approximate surface area is 277 Å². The Balaban J connectivity index is 1.13. The third-order valence-corrected chi connectivity index (χ3v) is 9.75. The van der Waals surface area contributed by atoms with Crippen LogP contribution in [0.1, 0.15) is 0 Å². The summed E-state index contributed by atoms with van der Waals surface area (Å²) in [6.07, 6.45) is 12.4. The predicted molar refractivity (Wildman–Crippen MR) is 199 cm³/mol. The third-order valence-electron chi connectivity index (χ3n) is 9.75. The van der Waals surface area contributed by atoms with Crippen molar-refractivity contribution < 1.29 is 4.42 Å². The van der Waals surface area contributed by atoms with E-state index in [0.29, 0.717) is 0 Å². The molecule has 48 heavy (non-hydrogen) atoms. The first-order valence-corrected chi connectivity index (χ1v) is 16.3. The first kappa shape index (κ1) is 26.8. The molecule has 0 radical (unpaired) electrons. The van der Waals surface area contributed by atoms with Gasteiger partial charge in [-0.05, 0) is 98.3 Å². The Morgan fingerprint density at radius 1 is 0.542 bits per heavy atom. The number of para-hydroxylation sites is 1. The average Bonchev–Trinajstić information content (AvgIpc) is 3.72. The topological polar surface area (TPSA) is 41.3 Å². The predicted octanol–water partition coefficient (Wildman–Crippen LogP) is 11.4. The zero-order valence-corrected chi connectivity index (χ0v) is 26.0. The minimum absolute atomic E-state index is 0.0719. The van der Waals surface area contributed by atoms with E-state index in [9.17, 15) is 0 Å². The first-order chi connectivity index (χ1) is 23.8. The van der Waals surface area contributed by atoms with Gasteiger partial charge in [0, 0.05) is 34.9 Å². The van der Waals surface area contributed by atoms with Crippen LogP contribution in [-0.2, 0) is 0 Å². The summed E-state index contributed by atoms with van der Waals surface area (Å²) in [5.74, 6) is 0. The molecule has 0 fully saturated rings. The van der Waals surface area contributed by atoms with Crippen LogP contribution in [-0.4, -0.2) is 11.1 Å². The van der Waals surface area contributed by atoms with Crippen LogP contribution in [0.25, 0.3) is 77.2 Å². The molecule has 2 aliphatic rings.